The average Bonchev–Trinajstić information content (AvgIpc) is 2.53. The largest absolute Gasteiger partial charge is 0.495 e. The second-order valence-electron chi connectivity index (χ2n) is 5.30. The Bertz CT molecular complexity index is 554. The van der Waals surface area contributed by atoms with Gasteiger partial charge in [0, 0.05) is 13.1 Å². The molecule has 0 amide bonds. The van der Waals surface area contributed by atoms with E-state index < -0.39 is 10.0 Å². The zero-order chi connectivity index (χ0) is 15.3. The summed E-state index contributed by atoms with van der Waals surface area (Å²) in [6.45, 7) is 4.88. The number of hydrogen-bond acceptors (Lipinski definition) is 4. The van der Waals surface area contributed by atoms with Crippen molar-refractivity contribution in [1.29, 1.82) is 0 Å². The molecular weight excluding hydrogens is 288 g/mol. The van der Waals surface area contributed by atoms with Crippen LogP contribution < -0.4 is 10.1 Å². The topological polar surface area (TPSA) is 58.6 Å². The molecule has 0 saturated carbocycles. The first-order chi connectivity index (χ1) is 10.1. The highest BCUT2D eigenvalue weighted by molar-refractivity contribution is 7.89. The quantitative estimate of drug-likeness (QED) is 0.869. The van der Waals surface area contributed by atoms with Crippen LogP contribution in [0.1, 0.15) is 19.8 Å². The number of nitrogens with one attached hydrogen (secondary N) is 1. The number of methoxy groups -OCH3 is 1. The second kappa shape index (κ2) is 7.24. The number of hydrogen-bond donors (Lipinski definition) is 1. The van der Waals surface area contributed by atoms with E-state index in [0.717, 1.165) is 25.9 Å². The highest BCUT2D eigenvalue weighted by atomic mass is 32.2. The molecule has 1 aliphatic rings. The van der Waals surface area contributed by atoms with Crippen LogP contribution >= 0.6 is 0 Å². The Labute approximate surface area is 127 Å². The van der Waals surface area contributed by atoms with Crippen molar-refractivity contribution in [3.8, 4) is 5.75 Å². The third-order valence-electron chi connectivity index (χ3n) is 3.96. The van der Waals surface area contributed by atoms with Crippen LogP contribution in [0.4, 0.5) is 0 Å². The Morgan fingerprint density at radius 1 is 1.29 bits per heavy atom. The Hall–Kier alpha value is -1.11. The van der Waals surface area contributed by atoms with Gasteiger partial charge in [0.2, 0.25) is 10.0 Å². The molecule has 1 aromatic carbocycles. The van der Waals surface area contributed by atoms with Crippen LogP contribution in [0, 0.1) is 5.92 Å². The predicted octanol–water partition coefficient (Wildman–Crippen LogP) is 1.71. The molecule has 0 aliphatic carbocycles. The molecule has 1 fully saturated rings. The zero-order valence-corrected chi connectivity index (χ0v) is 13.5. The fraction of sp³-hybridized carbons (Fsp3) is 0.600. The van der Waals surface area contributed by atoms with Gasteiger partial charge in [-0.15, -0.1) is 0 Å². The summed E-state index contributed by atoms with van der Waals surface area (Å²) in [7, 11) is -2.01. The van der Waals surface area contributed by atoms with Gasteiger partial charge in [-0.3, -0.25) is 0 Å². The zero-order valence-electron chi connectivity index (χ0n) is 12.7. The molecule has 0 unspecified atom stereocenters. The molecule has 0 radical (unpaired) electrons. The van der Waals surface area contributed by atoms with Crippen LogP contribution in [-0.2, 0) is 10.0 Å². The van der Waals surface area contributed by atoms with Crippen LogP contribution in [0.2, 0.25) is 0 Å². The minimum atomic E-state index is -3.51. The van der Waals surface area contributed by atoms with E-state index in [1.165, 1.54) is 7.11 Å². The Balaban J connectivity index is 2.22. The second-order valence-corrected chi connectivity index (χ2v) is 7.21. The number of ether oxygens (including phenoxy) is 1. The summed E-state index contributed by atoms with van der Waals surface area (Å²) in [5.74, 6) is 0.831. The summed E-state index contributed by atoms with van der Waals surface area (Å²) in [6.07, 6.45) is 2.05. The van der Waals surface area contributed by atoms with Gasteiger partial charge in [-0.25, -0.2) is 8.42 Å². The maximum atomic E-state index is 12.8. The van der Waals surface area contributed by atoms with Crippen molar-refractivity contribution in [2.75, 3.05) is 33.3 Å². The van der Waals surface area contributed by atoms with E-state index in [1.807, 2.05) is 6.92 Å². The number of sulfonamides is 1. The lowest BCUT2D eigenvalue weighted by atomic mass is 9.98. The van der Waals surface area contributed by atoms with Crippen molar-refractivity contribution >= 4 is 10.0 Å². The fourth-order valence-corrected chi connectivity index (χ4v) is 4.40. The fourth-order valence-electron chi connectivity index (χ4n) is 2.72. The van der Waals surface area contributed by atoms with Gasteiger partial charge in [0.25, 0.3) is 0 Å². The first-order valence-electron chi connectivity index (χ1n) is 7.43. The van der Waals surface area contributed by atoms with Gasteiger partial charge >= 0.3 is 0 Å². The van der Waals surface area contributed by atoms with E-state index >= 15 is 0 Å². The van der Waals surface area contributed by atoms with Crippen LogP contribution in [0.5, 0.6) is 5.75 Å². The number of para-hydroxylation sites is 1. The van der Waals surface area contributed by atoms with Crippen LogP contribution in [-0.4, -0.2) is 46.0 Å². The van der Waals surface area contributed by atoms with Gasteiger partial charge in [0.1, 0.15) is 10.6 Å². The number of nitrogens with zero attached hydrogens (tertiary/aromatic N) is 1. The standard InChI is InChI=1S/C15H24N2O3S/c1-3-17(12-13-8-10-16-11-9-13)21(18,19)15-7-5-4-6-14(15)20-2/h4-7,13,16H,3,8-12H2,1-2H3. The summed E-state index contributed by atoms with van der Waals surface area (Å²) in [6, 6.07) is 6.80. The van der Waals surface area contributed by atoms with E-state index in [4.69, 9.17) is 4.74 Å². The molecule has 6 heteroatoms. The third kappa shape index (κ3) is 3.75. The monoisotopic (exact) mass is 312 g/mol. The Morgan fingerprint density at radius 3 is 2.57 bits per heavy atom. The number of rotatable bonds is 6. The van der Waals surface area contributed by atoms with Gasteiger partial charge in [-0.1, -0.05) is 19.1 Å². The van der Waals surface area contributed by atoms with Crippen molar-refractivity contribution in [2.45, 2.75) is 24.7 Å². The maximum Gasteiger partial charge on any atom is 0.246 e. The molecular formula is C15H24N2O3S. The van der Waals surface area contributed by atoms with Crippen molar-refractivity contribution in [3.05, 3.63) is 24.3 Å². The van der Waals surface area contributed by atoms with Gasteiger partial charge in [-0.05, 0) is 44.0 Å². The van der Waals surface area contributed by atoms with Gasteiger partial charge in [0.15, 0.2) is 0 Å². The van der Waals surface area contributed by atoms with Crippen molar-refractivity contribution in [2.24, 2.45) is 5.92 Å². The normalized spacial score (nSPS) is 17.1. The molecule has 1 heterocycles. The van der Waals surface area contributed by atoms with Crippen LogP contribution in [0.15, 0.2) is 29.2 Å². The third-order valence-corrected chi connectivity index (χ3v) is 5.94. The van der Waals surface area contributed by atoms with Gasteiger partial charge in [-0.2, -0.15) is 4.31 Å². The number of benzene rings is 1. The molecule has 1 aliphatic heterocycles. The first kappa shape index (κ1) is 16.3. The van der Waals surface area contributed by atoms with E-state index in [0.29, 0.717) is 24.8 Å². The van der Waals surface area contributed by atoms with Crippen LogP contribution in [0.25, 0.3) is 0 Å². The van der Waals surface area contributed by atoms with Crippen molar-refractivity contribution in [3.63, 3.8) is 0 Å². The van der Waals surface area contributed by atoms with E-state index in [2.05, 4.69) is 5.32 Å². The molecule has 1 saturated heterocycles. The molecule has 0 spiro atoms. The molecule has 1 N–H and O–H groups in total. The predicted molar refractivity (Wildman–Crippen MR) is 83.0 cm³/mol. The van der Waals surface area contributed by atoms with Crippen LogP contribution in [0.3, 0.4) is 0 Å². The highest BCUT2D eigenvalue weighted by Crippen LogP contribution is 2.27. The lowest BCUT2D eigenvalue weighted by molar-refractivity contribution is 0.293. The SMILES string of the molecule is CCN(CC1CCNCC1)S(=O)(=O)c1ccccc1OC. The van der Waals surface area contributed by atoms with Crippen molar-refractivity contribution in [1.82, 2.24) is 9.62 Å². The molecule has 5 nitrogen and oxygen atoms in total. The van der Waals surface area contributed by atoms with Gasteiger partial charge < -0.3 is 10.1 Å². The molecule has 0 atom stereocenters. The minimum Gasteiger partial charge on any atom is -0.495 e. The van der Waals surface area contributed by atoms with E-state index in [9.17, 15) is 8.42 Å². The van der Waals surface area contributed by atoms with Crippen molar-refractivity contribution < 1.29 is 13.2 Å². The maximum absolute atomic E-state index is 12.8. The number of piperidine rings is 1. The molecule has 1 aromatic rings. The molecule has 118 valence electrons. The lowest BCUT2D eigenvalue weighted by Gasteiger charge is -2.29. The molecule has 2 rings (SSSR count). The molecule has 0 bridgehead atoms. The van der Waals surface area contributed by atoms with E-state index in [1.54, 1.807) is 28.6 Å². The summed E-state index contributed by atoms with van der Waals surface area (Å²) in [5, 5.41) is 3.31. The van der Waals surface area contributed by atoms with E-state index in [-0.39, 0.29) is 4.90 Å². The summed E-state index contributed by atoms with van der Waals surface area (Å²) < 4.78 is 32.5. The summed E-state index contributed by atoms with van der Waals surface area (Å²) >= 11 is 0. The summed E-state index contributed by atoms with van der Waals surface area (Å²) in [4.78, 5) is 0.253. The lowest BCUT2D eigenvalue weighted by Crippen LogP contribution is -2.39. The smallest absolute Gasteiger partial charge is 0.246 e. The summed E-state index contributed by atoms with van der Waals surface area (Å²) in [5.41, 5.74) is 0. The van der Waals surface area contributed by atoms with Gasteiger partial charge in [0.05, 0.1) is 7.11 Å². The minimum absolute atomic E-state index is 0.253. The first-order valence-corrected chi connectivity index (χ1v) is 8.87. The Morgan fingerprint density at radius 2 is 1.95 bits per heavy atom. The molecule has 21 heavy (non-hydrogen) atoms. The highest BCUT2D eigenvalue weighted by Gasteiger charge is 2.28. The average molecular weight is 312 g/mol. The Kier molecular flexibility index (Phi) is 5.61. The molecule has 0 aromatic heterocycles.